The molecule has 4 nitrogen and oxygen atoms in total. The third kappa shape index (κ3) is 3.79. The molecule has 1 N–H and O–H groups in total. The van der Waals surface area contributed by atoms with E-state index in [2.05, 4.69) is 0 Å². The molecule has 0 saturated carbocycles. The van der Waals surface area contributed by atoms with Crippen molar-refractivity contribution in [3.8, 4) is 0 Å². The van der Waals surface area contributed by atoms with Gasteiger partial charge in [0.2, 0.25) is 0 Å². The van der Waals surface area contributed by atoms with E-state index in [1.54, 1.807) is 13.1 Å². The van der Waals surface area contributed by atoms with E-state index in [1.807, 2.05) is 11.8 Å². The Balaban J connectivity index is 2.63. The monoisotopic (exact) mass is 247 g/mol. The first-order valence-electron chi connectivity index (χ1n) is 5.79. The summed E-state index contributed by atoms with van der Waals surface area (Å²) in [6, 6.07) is 0. The fourth-order valence-corrected chi connectivity index (χ4v) is 2.95. The molecule has 0 atom stereocenters. The van der Waals surface area contributed by atoms with Crippen molar-refractivity contribution in [2.75, 3.05) is 18.8 Å². The van der Waals surface area contributed by atoms with Crippen molar-refractivity contribution in [2.45, 2.75) is 39.2 Å². The molecule has 1 fully saturated rings. The third-order valence-corrected chi connectivity index (χ3v) is 4.86. The summed E-state index contributed by atoms with van der Waals surface area (Å²) in [5.74, 6) is 0.214. The van der Waals surface area contributed by atoms with Crippen molar-refractivity contribution in [2.24, 2.45) is 0 Å². The van der Waals surface area contributed by atoms with E-state index in [-0.39, 0.29) is 11.9 Å². The number of hydrogen-bond donors (Lipinski definition) is 1. The smallest absolute Gasteiger partial charge is 0.175 e. The largest absolute Gasteiger partial charge is 0.393 e. The zero-order chi connectivity index (χ0) is 12.2. The van der Waals surface area contributed by atoms with Crippen LogP contribution in [0.2, 0.25) is 0 Å². The second-order valence-electron chi connectivity index (χ2n) is 4.33. The van der Waals surface area contributed by atoms with Crippen LogP contribution < -0.4 is 0 Å². The van der Waals surface area contributed by atoms with Gasteiger partial charge >= 0.3 is 0 Å². The molecule has 1 rings (SSSR count). The minimum Gasteiger partial charge on any atom is -0.393 e. The van der Waals surface area contributed by atoms with Crippen LogP contribution in [0.1, 0.15) is 33.1 Å². The van der Waals surface area contributed by atoms with E-state index in [9.17, 15) is 13.5 Å². The molecule has 1 aliphatic heterocycles. The van der Waals surface area contributed by atoms with E-state index in [0.717, 1.165) is 25.9 Å². The SMILES string of the molecule is CCCS(=O)(=O)C(C)=CN1CCC(O)CC1. The topological polar surface area (TPSA) is 57.6 Å². The highest BCUT2D eigenvalue weighted by Crippen LogP contribution is 2.14. The lowest BCUT2D eigenvalue weighted by molar-refractivity contribution is 0.102. The van der Waals surface area contributed by atoms with E-state index >= 15 is 0 Å². The average molecular weight is 247 g/mol. The normalized spacial score (nSPS) is 20.2. The fourth-order valence-electron chi connectivity index (χ4n) is 1.78. The first kappa shape index (κ1) is 13.5. The van der Waals surface area contributed by atoms with Crippen LogP contribution in [0.4, 0.5) is 0 Å². The maximum atomic E-state index is 11.7. The maximum absolute atomic E-state index is 11.7. The number of rotatable bonds is 4. The number of aliphatic hydroxyl groups is 1. The predicted octanol–water partition coefficient (Wildman–Crippen LogP) is 1.13. The molecule has 0 spiro atoms. The molecule has 5 heteroatoms. The van der Waals surface area contributed by atoms with Crippen molar-refractivity contribution in [1.29, 1.82) is 0 Å². The standard InChI is InChI=1S/C11H21NO3S/c1-3-8-16(14,15)10(2)9-12-6-4-11(13)5-7-12/h9,11,13H,3-8H2,1-2H3. The molecule has 0 amide bonds. The lowest BCUT2D eigenvalue weighted by Crippen LogP contribution is -2.32. The summed E-state index contributed by atoms with van der Waals surface area (Å²) >= 11 is 0. The lowest BCUT2D eigenvalue weighted by Gasteiger charge is -2.28. The first-order valence-corrected chi connectivity index (χ1v) is 7.44. The number of aliphatic hydroxyl groups excluding tert-OH is 1. The molecule has 0 unspecified atom stereocenters. The van der Waals surface area contributed by atoms with Gasteiger partial charge in [-0.25, -0.2) is 8.42 Å². The predicted molar refractivity (Wildman–Crippen MR) is 64.6 cm³/mol. The highest BCUT2D eigenvalue weighted by atomic mass is 32.2. The molecule has 0 radical (unpaired) electrons. The Labute approximate surface area is 97.9 Å². The number of piperidine rings is 1. The zero-order valence-corrected chi connectivity index (χ0v) is 10.8. The Bertz CT molecular complexity index is 340. The van der Waals surface area contributed by atoms with Crippen molar-refractivity contribution in [1.82, 2.24) is 4.90 Å². The summed E-state index contributed by atoms with van der Waals surface area (Å²) in [5, 5.41) is 9.34. The number of hydrogen-bond acceptors (Lipinski definition) is 4. The molecule has 0 bridgehead atoms. The van der Waals surface area contributed by atoms with Gasteiger partial charge < -0.3 is 10.0 Å². The molecule has 0 aliphatic carbocycles. The van der Waals surface area contributed by atoms with Gasteiger partial charge in [-0.05, 0) is 26.2 Å². The molecular weight excluding hydrogens is 226 g/mol. The maximum Gasteiger partial charge on any atom is 0.175 e. The Hall–Kier alpha value is -0.550. The molecule has 1 saturated heterocycles. The van der Waals surface area contributed by atoms with E-state index in [4.69, 9.17) is 0 Å². The number of nitrogens with zero attached hydrogens (tertiary/aromatic N) is 1. The van der Waals surface area contributed by atoms with Gasteiger partial charge in [0.25, 0.3) is 0 Å². The quantitative estimate of drug-likeness (QED) is 0.809. The Morgan fingerprint density at radius 3 is 2.50 bits per heavy atom. The summed E-state index contributed by atoms with van der Waals surface area (Å²) in [6.07, 6.45) is 3.58. The number of sulfone groups is 1. The van der Waals surface area contributed by atoms with E-state index in [0.29, 0.717) is 11.3 Å². The van der Waals surface area contributed by atoms with Crippen LogP contribution in [0.5, 0.6) is 0 Å². The average Bonchev–Trinajstić information content (AvgIpc) is 2.21. The highest BCUT2D eigenvalue weighted by Gasteiger charge is 2.17. The third-order valence-electron chi connectivity index (χ3n) is 2.83. The van der Waals surface area contributed by atoms with Crippen LogP contribution in [0.25, 0.3) is 0 Å². The Kier molecular flexibility index (Phi) is 4.80. The summed E-state index contributed by atoms with van der Waals surface area (Å²) < 4.78 is 23.4. The summed E-state index contributed by atoms with van der Waals surface area (Å²) in [6.45, 7) is 4.98. The molecule has 1 aliphatic rings. The number of likely N-dealkylation sites (tertiary alicyclic amines) is 1. The first-order chi connectivity index (χ1) is 7.45. The van der Waals surface area contributed by atoms with Crippen molar-refractivity contribution in [3.05, 3.63) is 11.1 Å². The molecular formula is C11H21NO3S. The zero-order valence-electron chi connectivity index (χ0n) is 10.0. The van der Waals surface area contributed by atoms with E-state index in [1.165, 1.54) is 0 Å². The van der Waals surface area contributed by atoms with Crippen LogP contribution in [0, 0.1) is 0 Å². The van der Waals surface area contributed by atoms with Gasteiger partial charge in [-0.1, -0.05) is 6.92 Å². The van der Waals surface area contributed by atoms with Gasteiger partial charge in [-0.2, -0.15) is 0 Å². The van der Waals surface area contributed by atoms with Gasteiger partial charge in [0.1, 0.15) is 0 Å². The van der Waals surface area contributed by atoms with Crippen molar-refractivity contribution in [3.63, 3.8) is 0 Å². The number of allylic oxidation sites excluding steroid dienone is 1. The Morgan fingerprint density at radius 2 is 2.00 bits per heavy atom. The minimum absolute atomic E-state index is 0.214. The summed E-state index contributed by atoms with van der Waals surface area (Å²) in [4.78, 5) is 2.42. The van der Waals surface area contributed by atoms with Gasteiger partial charge in [-0.3, -0.25) is 0 Å². The molecule has 0 aromatic carbocycles. The van der Waals surface area contributed by atoms with Gasteiger partial charge in [-0.15, -0.1) is 0 Å². The van der Waals surface area contributed by atoms with Crippen LogP contribution in [0.3, 0.4) is 0 Å². The fraction of sp³-hybridized carbons (Fsp3) is 0.818. The molecule has 0 aromatic heterocycles. The summed E-state index contributed by atoms with van der Waals surface area (Å²) in [7, 11) is -3.07. The van der Waals surface area contributed by atoms with Crippen LogP contribution >= 0.6 is 0 Å². The minimum atomic E-state index is -3.07. The second kappa shape index (κ2) is 5.68. The molecule has 0 aromatic rings. The van der Waals surface area contributed by atoms with E-state index < -0.39 is 9.84 Å². The van der Waals surface area contributed by atoms with Crippen LogP contribution in [-0.2, 0) is 9.84 Å². The molecule has 1 heterocycles. The van der Waals surface area contributed by atoms with Crippen molar-refractivity contribution >= 4 is 9.84 Å². The van der Waals surface area contributed by atoms with Crippen LogP contribution in [-0.4, -0.2) is 43.4 Å². The molecule has 94 valence electrons. The van der Waals surface area contributed by atoms with Gasteiger partial charge in [0.05, 0.1) is 16.8 Å². The highest BCUT2D eigenvalue weighted by molar-refractivity contribution is 7.95. The van der Waals surface area contributed by atoms with Crippen molar-refractivity contribution < 1.29 is 13.5 Å². The van der Waals surface area contributed by atoms with Gasteiger partial charge in [0.15, 0.2) is 9.84 Å². The summed E-state index contributed by atoms with van der Waals surface area (Å²) in [5.41, 5.74) is 0. The lowest BCUT2D eigenvalue weighted by atomic mass is 10.1. The Morgan fingerprint density at radius 1 is 1.44 bits per heavy atom. The molecule has 16 heavy (non-hydrogen) atoms. The van der Waals surface area contributed by atoms with Crippen LogP contribution in [0.15, 0.2) is 11.1 Å². The van der Waals surface area contributed by atoms with Gasteiger partial charge in [0, 0.05) is 19.3 Å². The second-order valence-corrected chi connectivity index (χ2v) is 6.61.